The molecule has 0 spiro atoms. The van der Waals surface area contributed by atoms with E-state index in [9.17, 15) is 14.0 Å². The molecule has 2 aromatic carbocycles. The number of hydrazine groups is 1. The highest BCUT2D eigenvalue weighted by Gasteiger charge is 2.07. The highest BCUT2D eigenvalue weighted by atomic mass is 79.9. The summed E-state index contributed by atoms with van der Waals surface area (Å²) in [6, 6.07) is 12.7. The molecule has 0 fully saturated rings. The van der Waals surface area contributed by atoms with Crippen LogP contribution in [0.2, 0.25) is 0 Å². The third-order valence-electron chi connectivity index (χ3n) is 3.06. The summed E-state index contributed by atoms with van der Waals surface area (Å²) < 4.78 is 19.4. The van der Waals surface area contributed by atoms with Crippen LogP contribution in [0.4, 0.5) is 4.39 Å². The summed E-state index contributed by atoms with van der Waals surface area (Å²) in [4.78, 5) is 23.3. The summed E-state index contributed by atoms with van der Waals surface area (Å²) in [6.45, 7) is -0.386. The molecule has 0 atom stereocenters. The number of amides is 2. The maximum Gasteiger partial charge on any atom is 0.276 e. The molecule has 2 amide bonds. The van der Waals surface area contributed by atoms with Gasteiger partial charge in [-0.3, -0.25) is 20.4 Å². The Hall–Kier alpha value is -3.18. The molecule has 8 heteroatoms. The molecule has 0 bridgehead atoms. The van der Waals surface area contributed by atoms with Gasteiger partial charge in [0.05, 0.1) is 5.56 Å². The van der Waals surface area contributed by atoms with Crippen LogP contribution in [-0.2, 0) is 9.59 Å². The van der Waals surface area contributed by atoms with Crippen LogP contribution in [0.15, 0.2) is 53.0 Å². The van der Waals surface area contributed by atoms with Crippen molar-refractivity contribution in [3.05, 3.63) is 70.0 Å². The predicted molar refractivity (Wildman–Crippen MR) is 96.1 cm³/mol. The minimum Gasteiger partial charge on any atom is -0.482 e. The van der Waals surface area contributed by atoms with Gasteiger partial charge in [-0.25, -0.2) is 4.39 Å². The van der Waals surface area contributed by atoms with Crippen molar-refractivity contribution in [3.8, 4) is 11.8 Å². The van der Waals surface area contributed by atoms with Crippen LogP contribution in [-0.4, -0.2) is 18.4 Å². The Labute approximate surface area is 157 Å². The Kier molecular flexibility index (Phi) is 6.88. The van der Waals surface area contributed by atoms with E-state index in [1.54, 1.807) is 24.3 Å². The van der Waals surface area contributed by atoms with Crippen molar-refractivity contribution in [3.63, 3.8) is 0 Å². The second-order valence-corrected chi connectivity index (χ2v) is 5.85. The molecule has 0 radical (unpaired) electrons. The second-order valence-electron chi connectivity index (χ2n) is 4.93. The van der Waals surface area contributed by atoms with Crippen LogP contribution < -0.4 is 15.6 Å². The maximum absolute atomic E-state index is 13.5. The lowest BCUT2D eigenvalue weighted by molar-refractivity contribution is -0.128. The van der Waals surface area contributed by atoms with Gasteiger partial charge in [0.1, 0.15) is 17.6 Å². The van der Waals surface area contributed by atoms with E-state index < -0.39 is 17.6 Å². The second kappa shape index (κ2) is 9.34. The molecule has 0 aliphatic rings. The van der Waals surface area contributed by atoms with Crippen LogP contribution in [0.25, 0.3) is 6.08 Å². The quantitative estimate of drug-likeness (QED) is 0.577. The van der Waals surface area contributed by atoms with Gasteiger partial charge in [0.25, 0.3) is 11.8 Å². The van der Waals surface area contributed by atoms with Gasteiger partial charge < -0.3 is 4.74 Å². The van der Waals surface area contributed by atoms with E-state index in [-0.39, 0.29) is 17.9 Å². The normalized spacial score (nSPS) is 10.2. The number of nitrogens with one attached hydrogen (secondary N) is 2. The van der Waals surface area contributed by atoms with Crippen LogP contribution in [0, 0.1) is 17.1 Å². The number of hydrogen-bond acceptors (Lipinski definition) is 4. The molecule has 0 saturated heterocycles. The summed E-state index contributed by atoms with van der Waals surface area (Å²) in [7, 11) is 0. The molecule has 6 nitrogen and oxygen atoms in total. The fourth-order valence-electron chi connectivity index (χ4n) is 1.85. The highest BCUT2D eigenvalue weighted by molar-refractivity contribution is 9.10. The lowest BCUT2D eigenvalue weighted by Gasteiger charge is -2.08. The molecule has 0 unspecified atom stereocenters. The molecule has 2 rings (SSSR count). The molecule has 0 aliphatic carbocycles. The fraction of sp³-hybridized carbons (Fsp3) is 0.0556. The van der Waals surface area contributed by atoms with E-state index in [1.165, 1.54) is 24.3 Å². The standard InChI is InChI=1S/C18H13BrFN3O3/c19-14-6-7-15(20)12(9-14)5-8-17(24)22-23-18(25)11-26-16-4-2-1-3-13(16)10-21/h1-9H,11H2,(H,22,24)(H,23,25)/b8-5+. The summed E-state index contributed by atoms with van der Waals surface area (Å²) in [6.07, 6.45) is 2.36. The van der Waals surface area contributed by atoms with Gasteiger partial charge in [-0.05, 0) is 36.4 Å². The Morgan fingerprint density at radius 1 is 1.23 bits per heavy atom. The fourth-order valence-corrected chi connectivity index (χ4v) is 2.22. The van der Waals surface area contributed by atoms with Gasteiger partial charge in [0, 0.05) is 16.1 Å². The maximum atomic E-state index is 13.5. The molecule has 0 heterocycles. The largest absolute Gasteiger partial charge is 0.482 e. The highest BCUT2D eigenvalue weighted by Crippen LogP contribution is 2.17. The first kappa shape index (κ1) is 19.1. The molecule has 26 heavy (non-hydrogen) atoms. The molecular weight excluding hydrogens is 405 g/mol. The van der Waals surface area contributed by atoms with Crippen molar-refractivity contribution < 1.29 is 18.7 Å². The zero-order valence-corrected chi connectivity index (χ0v) is 14.9. The number of hydrogen-bond donors (Lipinski definition) is 2. The smallest absolute Gasteiger partial charge is 0.276 e. The lowest BCUT2D eigenvalue weighted by atomic mass is 10.2. The first-order valence-electron chi connectivity index (χ1n) is 7.33. The Morgan fingerprint density at radius 2 is 2.00 bits per heavy atom. The van der Waals surface area contributed by atoms with E-state index in [4.69, 9.17) is 10.00 Å². The van der Waals surface area contributed by atoms with Crippen molar-refractivity contribution in [1.29, 1.82) is 5.26 Å². The van der Waals surface area contributed by atoms with Gasteiger partial charge in [0.15, 0.2) is 6.61 Å². The summed E-state index contributed by atoms with van der Waals surface area (Å²) in [5.41, 5.74) is 4.81. The minimum absolute atomic E-state index is 0.220. The Balaban J connectivity index is 1.81. The zero-order chi connectivity index (χ0) is 18.9. The van der Waals surface area contributed by atoms with E-state index in [2.05, 4.69) is 26.8 Å². The van der Waals surface area contributed by atoms with Crippen LogP contribution >= 0.6 is 15.9 Å². The number of rotatable bonds is 5. The summed E-state index contributed by atoms with van der Waals surface area (Å²) in [5, 5.41) is 8.92. The first-order valence-corrected chi connectivity index (χ1v) is 8.13. The monoisotopic (exact) mass is 417 g/mol. The summed E-state index contributed by atoms with van der Waals surface area (Å²) in [5.74, 6) is -1.48. The zero-order valence-electron chi connectivity index (χ0n) is 13.3. The Bertz CT molecular complexity index is 893. The number of benzene rings is 2. The minimum atomic E-state index is -0.643. The number of ether oxygens (including phenoxy) is 1. The van der Waals surface area contributed by atoms with Crippen molar-refractivity contribution >= 4 is 33.8 Å². The molecule has 0 saturated carbocycles. The van der Waals surface area contributed by atoms with E-state index in [1.807, 2.05) is 6.07 Å². The Morgan fingerprint density at radius 3 is 2.77 bits per heavy atom. The molecule has 0 aliphatic heterocycles. The molecule has 0 aromatic heterocycles. The van der Waals surface area contributed by atoms with Crippen molar-refractivity contribution in [2.24, 2.45) is 0 Å². The molecular formula is C18H13BrFN3O3. The number of nitrogens with zero attached hydrogens (tertiary/aromatic N) is 1. The first-order chi connectivity index (χ1) is 12.5. The van der Waals surface area contributed by atoms with E-state index >= 15 is 0 Å². The van der Waals surface area contributed by atoms with Gasteiger partial charge in [0.2, 0.25) is 0 Å². The number of halogens is 2. The average molecular weight is 418 g/mol. The SMILES string of the molecule is N#Cc1ccccc1OCC(=O)NNC(=O)/C=C/c1cc(Br)ccc1F. The lowest BCUT2D eigenvalue weighted by Crippen LogP contribution is -2.43. The summed E-state index contributed by atoms with van der Waals surface area (Å²) >= 11 is 3.21. The number of para-hydroxylation sites is 1. The van der Waals surface area contributed by atoms with Crippen LogP contribution in [0.1, 0.15) is 11.1 Å². The van der Waals surface area contributed by atoms with E-state index in [0.29, 0.717) is 10.0 Å². The average Bonchev–Trinajstić information content (AvgIpc) is 2.65. The van der Waals surface area contributed by atoms with Crippen molar-refractivity contribution in [1.82, 2.24) is 10.9 Å². The van der Waals surface area contributed by atoms with Gasteiger partial charge in [-0.1, -0.05) is 28.1 Å². The number of carbonyl (C=O) groups is 2. The topological polar surface area (TPSA) is 91.2 Å². The molecule has 2 N–H and O–H groups in total. The predicted octanol–water partition coefficient (Wildman–Crippen LogP) is 2.70. The third kappa shape index (κ3) is 5.72. The van der Waals surface area contributed by atoms with Crippen molar-refractivity contribution in [2.75, 3.05) is 6.61 Å². The molecule has 132 valence electrons. The number of carbonyl (C=O) groups excluding carboxylic acids is 2. The van der Waals surface area contributed by atoms with Gasteiger partial charge >= 0.3 is 0 Å². The third-order valence-corrected chi connectivity index (χ3v) is 3.56. The van der Waals surface area contributed by atoms with E-state index in [0.717, 1.165) is 6.08 Å². The van der Waals surface area contributed by atoms with Gasteiger partial charge in [-0.15, -0.1) is 0 Å². The number of nitriles is 1. The van der Waals surface area contributed by atoms with Crippen LogP contribution in [0.5, 0.6) is 5.75 Å². The van der Waals surface area contributed by atoms with Crippen LogP contribution in [0.3, 0.4) is 0 Å². The van der Waals surface area contributed by atoms with Gasteiger partial charge in [-0.2, -0.15) is 5.26 Å². The molecule has 2 aromatic rings. The van der Waals surface area contributed by atoms with Crippen molar-refractivity contribution in [2.45, 2.75) is 0 Å².